The van der Waals surface area contributed by atoms with Crippen LogP contribution in [0.2, 0.25) is 0 Å². The van der Waals surface area contributed by atoms with E-state index in [9.17, 15) is 4.79 Å². The lowest BCUT2D eigenvalue weighted by Crippen LogP contribution is -2.31. The maximum absolute atomic E-state index is 12.4. The zero-order chi connectivity index (χ0) is 16.2. The zero-order valence-electron chi connectivity index (χ0n) is 13.0. The van der Waals surface area contributed by atoms with Crippen LogP contribution in [0, 0.1) is 0 Å². The highest BCUT2D eigenvalue weighted by molar-refractivity contribution is 8.01. The molecule has 2 aromatic rings. The van der Waals surface area contributed by atoms with Crippen LogP contribution in [0.5, 0.6) is 0 Å². The molecule has 1 aliphatic heterocycles. The van der Waals surface area contributed by atoms with Gasteiger partial charge in [-0.15, -0.1) is 5.10 Å². The molecule has 7 nitrogen and oxygen atoms in total. The Morgan fingerprint density at radius 2 is 2.09 bits per heavy atom. The number of para-hydroxylation sites is 1. The number of hydrogen-bond acceptors (Lipinski definition) is 7. The molecule has 0 bridgehead atoms. The molecule has 0 N–H and O–H groups in total. The normalized spacial score (nSPS) is 18.8. The molecule has 1 aromatic carbocycles. The van der Waals surface area contributed by atoms with Crippen molar-refractivity contribution in [2.45, 2.75) is 31.0 Å². The quantitative estimate of drug-likeness (QED) is 0.584. The van der Waals surface area contributed by atoms with Crippen molar-refractivity contribution in [3.05, 3.63) is 30.3 Å². The van der Waals surface area contributed by atoms with E-state index in [0.29, 0.717) is 11.0 Å². The third-order valence-corrected chi connectivity index (χ3v) is 5.59. The molecule has 1 aromatic heterocycles. The number of nitrogens with zero attached hydrogens (tertiary/aromatic N) is 6. The first kappa shape index (κ1) is 16.3. The van der Waals surface area contributed by atoms with Gasteiger partial charge in [0, 0.05) is 19.2 Å². The third kappa shape index (κ3) is 3.51. The fourth-order valence-electron chi connectivity index (χ4n) is 2.36. The van der Waals surface area contributed by atoms with E-state index in [0.717, 1.165) is 18.5 Å². The number of benzene rings is 1. The molecule has 0 saturated carbocycles. The van der Waals surface area contributed by atoms with E-state index in [-0.39, 0.29) is 11.9 Å². The van der Waals surface area contributed by atoms with Crippen LogP contribution in [0.4, 0.5) is 0 Å². The minimum atomic E-state index is -0.0317. The standard InChI is InChI=1S/C14H18N6OS2/c1-3-7-12-13(21)19(23-18(12)2)10-22-14-15-16-17-20(14)11-8-5-4-6-9-11/h4-6,8-9,12H,3,7,10H2,1-2H3. The molecule has 9 heteroatoms. The van der Waals surface area contributed by atoms with Crippen molar-refractivity contribution < 1.29 is 4.79 Å². The molecule has 1 atom stereocenters. The predicted octanol–water partition coefficient (Wildman–Crippen LogP) is 2.22. The minimum Gasteiger partial charge on any atom is -0.272 e. The molecule has 1 saturated heterocycles. The maximum Gasteiger partial charge on any atom is 0.252 e. The summed E-state index contributed by atoms with van der Waals surface area (Å²) < 4.78 is 5.48. The number of rotatable bonds is 6. The van der Waals surface area contributed by atoms with Crippen molar-refractivity contribution in [3.63, 3.8) is 0 Å². The van der Waals surface area contributed by atoms with E-state index in [1.54, 1.807) is 8.99 Å². The molecule has 2 heterocycles. The Labute approximate surface area is 143 Å². The summed E-state index contributed by atoms with van der Waals surface area (Å²) in [7, 11) is 1.96. The molecule has 23 heavy (non-hydrogen) atoms. The van der Waals surface area contributed by atoms with Gasteiger partial charge in [0.1, 0.15) is 6.04 Å². The number of aromatic nitrogens is 4. The zero-order valence-corrected chi connectivity index (χ0v) is 14.6. The Bertz CT molecular complexity index is 664. The molecule has 1 fully saturated rings. The van der Waals surface area contributed by atoms with Gasteiger partial charge in [0.2, 0.25) is 5.16 Å². The second kappa shape index (κ2) is 7.33. The SMILES string of the molecule is CCCC1C(=O)N(CSc2nnnn2-c2ccccc2)SN1C. The Balaban J connectivity index is 1.66. The van der Waals surface area contributed by atoms with Crippen LogP contribution in [0.15, 0.2) is 35.5 Å². The van der Waals surface area contributed by atoms with Gasteiger partial charge < -0.3 is 0 Å². The van der Waals surface area contributed by atoms with Gasteiger partial charge in [0.05, 0.1) is 11.6 Å². The van der Waals surface area contributed by atoms with Gasteiger partial charge in [0.15, 0.2) is 0 Å². The summed E-state index contributed by atoms with van der Waals surface area (Å²) in [6, 6.07) is 9.69. The lowest BCUT2D eigenvalue weighted by atomic mass is 10.1. The van der Waals surface area contributed by atoms with Crippen LogP contribution in [0.3, 0.4) is 0 Å². The van der Waals surface area contributed by atoms with Crippen LogP contribution >= 0.6 is 23.9 Å². The van der Waals surface area contributed by atoms with Gasteiger partial charge in [0.25, 0.3) is 5.91 Å². The highest BCUT2D eigenvalue weighted by Gasteiger charge is 2.37. The molecule has 122 valence electrons. The largest absolute Gasteiger partial charge is 0.272 e. The van der Waals surface area contributed by atoms with E-state index >= 15 is 0 Å². The van der Waals surface area contributed by atoms with Gasteiger partial charge in [-0.05, 0) is 29.0 Å². The molecule has 0 radical (unpaired) electrons. The molecular weight excluding hydrogens is 332 g/mol. The summed E-state index contributed by atoms with van der Waals surface area (Å²) in [6.07, 6.45) is 1.87. The van der Waals surface area contributed by atoms with Gasteiger partial charge in [-0.25, -0.2) is 4.31 Å². The first-order chi connectivity index (χ1) is 11.2. The fourth-order valence-corrected chi connectivity index (χ4v) is 4.24. The summed E-state index contributed by atoms with van der Waals surface area (Å²) in [6.45, 7) is 2.09. The monoisotopic (exact) mass is 350 g/mol. The van der Waals surface area contributed by atoms with Crippen LogP contribution in [-0.2, 0) is 4.79 Å². The van der Waals surface area contributed by atoms with E-state index in [1.807, 2.05) is 41.7 Å². The Morgan fingerprint density at radius 3 is 2.83 bits per heavy atom. The molecule has 1 unspecified atom stereocenters. The van der Waals surface area contributed by atoms with Crippen LogP contribution < -0.4 is 0 Å². The van der Waals surface area contributed by atoms with Gasteiger partial charge in [-0.1, -0.05) is 43.3 Å². The lowest BCUT2D eigenvalue weighted by molar-refractivity contribution is -0.127. The number of tetrazole rings is 1. The van der Waals surface area contributed by atoms with E-state index < -0.39 is 0 Å². The Morgan fingerprint density at radius 1 is 1.30 bits per heavy atom. The second-order valence-corrected chi connectivity index (χ2v) is 7.22. The molecular formula is C14H18N6OS2. The second-order valence-electron chi connectivity index (χ2n) is 5.13. The average Bonchev–Trinajstić information content (AvgIpc) is 3.14. The fraction of sp³-hybridized carbons (Fsp3) is 0.429. The molecule has 1 aliphatic rings. The Hall–Kier alpha value is -1.58. The number of amides is 1. The summed E-state index contributed by atoms with van der Waals surface area (Å²) in [5.41, 5.74) is 0.904. The summed E-state index contributed by atoms with van der Waals surface area (Å²) in [5.74, 6) is 0.673. The maximum atomic E-state index is 12.4. The van der Waals surface area contributed by atoms with Crippen molar-refractivity contribution >= 4 is 29.8 Å². The van der Waals surface area contributed by atoms with Crippen molar-refractivity contribution in [2.75, 3.05) is 12.9 Å². The number of hydrogen-bond donors (Lipinski definition) is 0. The van der Waals surface area contributed by atoms with Crippen LogP contribution in [0.1, 0.15) is 19.8 Å². The summed E-state index contributed by atoms with van der Waals surface area (Å²) >= 11 is 2.92. The van der Waals surface area contributed by atoms with Crippen molar-refractivity contribution in [1.29, 1.82) is 0 Å². The number of carbonyl (C=O) groups is 1. The van der Waals surface area contributed by atoms with E-state index in [1.165, 1.54) is 23.9 Å². The molecule has 0 spiro atoms. The van der Waals surface area contributed by atoms with Crippen molar-refractivity contribution in [1.82, 2.24) is 28.8 Å². The van der Waals surface area contributed by atoms with Crippen LogP contribution in [0.25, 0.3) is 5.69 Å². The number of thioether (sulfide) groups is 1. The predicted molar refractivity (Wildman–Crippen MR) is 90.8 cm³/mol. The molecule has 3 rings (SSSR count). The molecule has 1 amide bonds. The first-order valence-electron chi connectivity index (χ1n) is 7.39. The van der Waals surface area contributed by atoms with Crippen LogP contribution in [-0.4, -0.2) is 53.7 Å². The van der Waals surface area contributed by atoms with E-state index in [2.05, 4.69) is 22.4 Å². The van der Waals surface area contributed by atoms with Gasteiger partial charge in [-0.3, -0.25) is 9.10 Å². The van der Waals surface area contributed by atoms with Crippen molar-refractivity contribution in [3.8, 4) is 5.69 Å². The van der Waals surface area contributed by atoms with Crippen molar-refractivity contribution in [2.24, 2.45) is 0 Å². The van der Waals surface area contributed by atoms with Gasteiger partial charge >= 0.3 is 0 Å². The van der Waals surface area contributed by atoms with E-state index in [4.69, 9.17) is 0 Å². The average molecular weight is 350 g/mol. The summed E-state index contributed by atoms with van der Waals surface area (Å²) in [4.78, 5) is 12.4. The Kier molecular flexibility index (Phi) is 5.19. The van der Waals surface area contributed by atoms with Gasteiger partial charge in [-0.2, -0.15) is 4.68 Å². The smallest absolute Gasteiger partial charge is 0.252 e. The third-order valence-electron chi connectivity index (χ3n) is 3.51. The topological polar surface area (TPSA) is 67.2 Å². The summed E-state index contributed by atoms with van der Waals surface area (Å²) in [5, 5.41) is 12.5. The number of carbonyl (C=O) groups excluding carboxylic acids is 1. The highest BCUT2D eigenvalue weighted by Crippen LogP contribution is 2.33. The minimum absolute atomic E-state index is 0.0317. The number of likely N-dealkylation sites (N-methyl/N-ethyl adjacent to an activating group) is 1. The molecule has 0 aliphatic carbocycles. The highest BCUT2D eigenvalue weighted by atomic mass is 32.2. The first-order valence-corrected chi connectivity index (χ1v) is 9.11. The lowest BCUT2D eigenvalue weighted by Gasteiger charge is -2.12.